The molecule has 0 spiro atoms. The van der Waals surface area contributed by atoms with Gasteiger partial charge in [0.2, 0.25) is 0 Å². The fourth-order valence-corrected chi connectivity index (χ4v) is 4.26. The lowest BCUT2D eigenvalue weighted by Gasteiger charge is -2.43. The summed E-state index contributed by atoms with van der Waals surface area (Å²) in [7, 11) is 0. The second-order valence-electron chi connectivity index (χ2n) is 7.23. The molecule has 0 aliphatic carbocycles. The Morgan fingerprint density at radius 1 is 1.12 bits per heavy atom. The van der Waals surface area contributed by atoms with E-state index < -0.39 is 0 Å². The van der Waals surface area contributed by atoms with Crippen molar-refractivity contribution in [2.24, 2.45) is 5.92 Å². The smallest absolute Gasteiger partial charge is 0.257 e. The number of benzene rings is 1. The second-order valence-corrected chi connectivity index (χ2v) is 7.62. The summed E-state index contributed by atoms with van der Waals surface area (Å²) in [5, 5.41) is 3.33. The number of pyridine rings is 1. The van der Waals surface area contributed by atoms with E-state index in [1.165, 1.54) is 0 Å². The first-order valence-electron chi connectivity index (χ1n) is 8.88. The zero-order chi connectivity index (χ0) is 18.3. The molecule has 1 saturated heterocycles. The van der Waals surface area contributed by atoms with Crippen molar-refractivity contribution in [3.63, 3.8) is 0 Å². The average molecular weight is 367 g/mol. The van der Waals surface area contributed by atoms with Crippen molar-refractivity contribution in [2.75, 3.05) is 13.1 Å². The molecule has 2 aliphatic rings. The number of nitrogens with one attached hydrogen (secondary N) is 1. The number of amides is 1. The number of hydrogen-bond acceptors (Lipinski definition) is 3. The molecule has 2 bridgehead atoms. The van der Waals surface area contributed by atoms with Gasteiger partial charge in [0, 0.05) is 42.9 Å². The van der Waals surface area contributed by atoms with Crippen LogP contribution in [0.5, 0.6) is 0 Å². The summed E-state index contributed by atoms with van der Waals surface area (Å²) in [6.07, 6.45) is 1.06. The maximum atomic E-state index is 12.4. The van der Waals surface area contributed by atoms with Gasteiger partial charge in [0.15, 0.2) is 5.11 Å². The van der Waals surface area contributed by atoms with E-state index in [4.69, 9.17) is 12.2 Å². The fraction of sp³-hybridized carbons (Fsp3) is 0.350. The third-order valence-corrected chi connectivity index (χ3v) is 5.66. The highest BCUT2D eigenvalue weighted by Gasteiger charge is 2.35. The first-order valence-corrected chi connectivity index (χ1v) is 9.29. The third-order valence-electron chi connectivity index (χ3n) is 5.30. The van der Waals surface area contributed by atoms with Gasteiger partial charge in [0.05, 0.1) is 0 Å². The Kier molecular flexibility index (Phi) is 4.36. The molecule has 2 aromatic rings. The van der Waals surface area contributed by atoms with E-state index in [1.54, 1.807) is 18.2 Å². The van der Waals surface area contributed by atoms with Crippen LogP contribution in [-0.4, -0.2) is 33.6 Å². The SMILES string of the molecule is Cc1ccc(C(=O)NC(=S)N2C[C@H]3C[C@@H](C2)c2cccc(=O)n2C3)cc1. The number of nitrogens with zero attached hydrogens (tertiary/aromatic N) is 2. The summed E-state index contributed by atoms with van der Waals surface area (Å²) >= 11 is 5.50. The Balaban J connectivity index is 1.48. The molecule has 0 saturated carbocycles. The van der Waals surface area contributed by atoms with Crippen molar-refractivity contribution < 1.29 is 4.79 Å². The summed E-state index contributed by atoms with van der Waals surface area (Å²) in [5.74, 6) is 0.462. The Bertz CT molecular complexity index is 919. The van der Waals surface area contributed by atoms with Crippen molar-refractivity contribution in [1.29, 1.82) is 0 Å². The largest absolute Gasteiger partial charge is 0.348 e. The predicted octanol–water partition coefficient (Wildman–Crippen LogP) is 2.29. The Hall–Kier alpha value is -2.47. The summed E-state index contributed by atoms with van der Waals surface area (Å²) < 4.78 is 1.89. The van der Waals surface area contributed by atoms with Gasteiger partial charge >= 0.3 is 0 Å². The number of hydrogen-bond donors (Lipinski definition) is 1. The highest BCUT2D eigenvalue weighted by atomic mass is 32.1. The molecule has 134 valence electrons. The van der Waals surface area contributed by atoms with E-state index in [1.807, 2.05) is 35.8 Å². The van der Waals surface area contributed by atoms with Gasteiger partial charge in [-0.1, -0.05) is 23.8 Å². The van der Waals surface area contributed by atoms with Crippen molar-refractivity contribution in [3.05, 3.63) is 69.6 Å². The number of piperidine rings is 1. The van der Waals surface area contributed by atoms with E-state index in [-0.39, 0.29) is 17.4 Å². The van der Waals surface area contributed by atoms with E-state index in [0.717, 1.165) is 37.3 Å². The van der Waals surface area contributed by atoms with E-state index >= 15 is 0 Å². The molecule has 0 unspecified atom stereocenters. The summed E-state index contributed by atoms with van der Waals surface area (Å²) in [4.78, 5) is 26.6. The van der Waals surface area contributed by atoms with Gasteiger partial charge < -0.3 is 9.47 Å². The third kappa shape index (κ3) is 3.17. The zero-order valence-corrected chi connectivity index (χ0v) is 15.5. The summed E-state index contributed by atoms with van der Waals surface area (Å²) in [6.45, 7) is 4.20. The van der Waals surface area contributed by atoms with Gasteiger partial charge in [-0.2, -0.15) is 0 Å². The summed E-state index contributed by atoms with van der Waals surface area (Å²) in [5.41, 5.74) is 2.86. The van der Waals surface area contributed by atoms with Crippen LogP contribution in [0.4, 0.5) is 0 Å². The Morgan fingerprint density at radius 2 is 1.88 bits per heavy atom. The molecule has 1 fully saturated rings. The topological polar surface area (TPSA) is 54.3 Å². The summed E-state index contributed by atoms with van der Waals surface area (Å²) in [6, 6.07) is 12.9. The molecule has 5 nitrogen and oxygen atoms in total. The minimum Gasteiger partial charge on any atom is -0.348 e. The second kappa shape index (κ2) is 6.68. The number of rotatable bonds is 1. The van der Waals surface area contributed by atoms with Gasteiger partial charge in [-0.15, -0.1) is 0 Å². The molecule has 2 atom stereocenters. The zero-order valence-electron chi connectivity index (χ0n) is 14.6. The number of carbonyl (C=O) groups is 1. The number of likely N-dealkylation sites (tertiary alicyclic amines) is 1. The lowest BCUT2D eigenvalue weighted by atomic mass is 9.83. The Labute approximate surface area is 157 Å². The number of aryl methyl sites for hydroxylation is 1. The monoisotopic (exact) mass is 367 g/mol. The van der Waals surface area contributed by atoms with Crippen LogP contribution in [0.2, 0.25) is 0 Å². The van der Waals surface area contributed by atoms with Crippen LogP contribution in [0.1, 0.15) is 34.0 Å². The van der Waals surface area contributed by atoms with Crippen LogP contribution >= 0.6 is 12.2 Å². The molecule has 1 aromatic heterocycles. The molecule has 3 heterocycles. The maximum Gasteiger partial charge on any atom is 0.257 e. The van der Waals surface area contributed by atoms with Crippen LogP contribution in [0, 0.1) is 12.8 Å². The molecule has 6 heteroatoms. The minimum absolute atomic E-state index is 0.0703. The lowest BCUT2D eigenvalue weighted by molar-refractivity contribution is 0.0968. The van der Waals surface area contributed by atoms with E-state index in [2.05, 4.69) is 10.2 Å². The fourth-order valence-electron chi connectivity index (χ4n) is 4.02. The lowest BCUT2D eigenvalue weighted by Crippen LogP contribution is -2.52. The molecule has 4 rings (SSSR count). The van der Waals surface area contributed by atoms with Crippen LogP contribution in [0.3, 0.4) is 0 Å². The molecular weight excluding hydrogens is 346 g/mol. The first-order chi connectivity index (χ1) is 12.5. The normalized spacial score (nSPS) is 21.0. The van der Waals surface area contributed by atoms with Gasteiger partial charge in [0.1, 0.15) is 0 Å². The van der Waals surface area contributed by atoms with E-state index in [0.29, 0.717) is 16.6 Å². The van der Waals surface area contributed by atoms with Crippen LogP contribution in [-0.2, 0) is 6.54 Å². The van der Waals surface area contributed by atoms with Gasteiger partial charge in [-0.05, 0) is 49.7 Å². The van der Waals surface area contributed by atoms with Crippen LogP contribution in [0.15, 0.2) is 47.3 Å². The predicted molar refractivity (Wildman–Crippen MR) is 104 cm³/mol. The average Bonchev–Trinajstić information content (AvgIpc) is 2.63. The van der Waals surface area contributed by atoms with Crippen molar-refractivity contribution in [2.45, 2.75) is 25.8 Å². The molecule has 2 aliphatic heterocycles. The molecule has 1 aromatic carbocycles. The van der Waals surface area contributed by atoms with Crippen LogP contribution < -0.4 is 10.9 Å². The first kappa shape index (κ1) is 17.0. The maximum absolute atomic E-state index is 12.4. The molecule has 26 heavy (non-hydrogen) atoms. The Morgan fingerprint density at radius 3 is 2.65 bits per heavy atom. The van der Waals surface area contributed by atoms with Crippen molar-refractivity contribution >= 4 is 23.2 Å². The quantitative estimate of drug-likeness (QED) is 0.786. The van der Waals surface area contributed by atoms with Gasteiger partial charge in [-0.3, -0.25) is 14.9 Å². The molecule has 1 amide bonds. The van der Waals surface area contributed by atoms with Crippen molar-refractivity contribution in [3.8, 4) is 0 Å². The highest BCUT2D eigenvalue weighted by Crippen LogP contribution is 2.34. The number of fused-ring (bicyclic) bond motifs is 4. The minimum atomic E-state index is -0.178. The molecule has 0 radical (unpaired) electrons. The van der Waals surface area contributed by atoms with Crippen LogP contribution in [0.25, 0.3) is 0 Å². The molecular formula is C20H21N3O2S. The van der Waals surface area contributed by atoms with Crippen molar-refractivity contribution in [1.82, 2.24) is 14.8 Å². The number of thiocarbonyl (C=S) groups is 1. The number of aromatic nitrogens is 1. The van der Waals surface area contributed by atoms with E-state index in [9.17, 15) is 9.59 Å². The molecule has 1 N–H and O–H groups in total. The van der Waals surface area contributed by atoms with Gasteiger partial charge in [-0.25, -0.2) is 0 Å². The highest BCUT2D eigenvalue weighted by molar-refractivity contribution is 7.80. The standard InChI is InChI=1S/C20H21N3O2S/c1-13-5-7-15(8-6-13)19(25)21-20(26)22-10-14-9-16(12-22)17-3-2-4-18(24)23(17)11-14/h2-8,14,16H,9-12H2,1H3,(H,21,25,26)/t14-,16+/m1/s1. The van der Waals surface area contributed by atoms with Gasteiger partial charge in [0.25, 0.3) is 11.5 Å². The number of carbonyl (C=O) groups excluding carboxylic acids is 1.